The number of aromatic hydroxyl groups is 1. The molecule has 0 bridgehead atoms. The minimum atomic E-state index is -4.34. The first-order chi connectivity index (χ1) is 26.3. The van der Waals surface area contributed by atoms with E-state index in [9.17, 15) is 32.7 Å². The highest BCUT2D eigenvalue weighted by atomic mass is 35.5. The Kier molecular flexibility index (Phi) is 16.7. The fraction of sp³-hybridized carbons (Fsp3) is 0.361. The van der Waals surface area contributed by atoms with Gasteiger partial charge in [0.2, 0.25) is 6.41 Å². The summed E-state index contributed by atoms with van der Waals surface area (Å²) in [6.07, 6.45) is -1.13. The van der Waals surface area contributed by atoms with E-state index < -0.39 is 17.6 Å². The molecular weight excluding hydrogens is 747 g/mol. The maximum Gasteiger partial charge on any atom is 0.416 e. The highest BCUT2D eigenvalue weighted by Gasteiger charge is 2.31. The van der Waals surface area contributed by atoms with E-state index in [2.05, 4.69) is 42.7 Å². The zero-order valence-corrected chi connectivity index (χ0v) is 31.5. The van der Waals surface area contributed by atoms with Crippen LogP contribution >= 0.6 is 11.6 Å². The Morgan fingerprint density at radius 2 is 1.82 bits per heavy atom. The number of nitrogens with one attached hydrogen (secondary N) is 3. The highest BCUT2D eigenvalue weighted by Crippen LogP contribution is 2.34. The third-order valence-electron chi connectivity index (χ3n) is 7.98. The molecule has 0 saturated carbocycles. The molecule has 15 nitrogen and oxygen atoms in total. The number of halogens is 4. The fourth-order valence-corrected chi connectivity index (χ4v) is 5.46. The zero-order valence-electron chi connectivity index (χ0n) is 30.7. The van der Waals surface area contributed by atoms with Gasteiger partial charge in [0.25, 0.3) is 5.91 Å². The Balaban J connectivity index is 0.000000526. The van der Waals surface area contributed by atoms with E-state index in [-0.39, 0.29) is 54.9 Å². The van der Waals surface area contributed by atoms with Crippen LogP contribution in [0.3, 0.4) is 0 Å². The van der Waals surface area contributed by atoms with E-state index in [4.69, 9.17) is 21.1 Å². The van der Waals surface area contributed by atoms with Gasteiger partial charge in [-0.15, -0.1) is 5.10 Å². The summed E-state index contributed by atoms with van der Waals surface area (Å²) in [5, 5.41) is 24.3. The highest BCUT2D eigenvalue weighted by molar-refractivity contribution is 6.33. The van der Waals surface area contributed by atoms with E-state index in [0.717, 1.165) is 17.1 Å². The van der Waals surface area contributed by atoms with E-state index in [0.29, 0.717) is 72.2 Å². The number of amidine groups is 1. The van der Waals surface area contributed by atoms with Crippen molar-refractivity contribution < 1.29 is 42.1 Å². The lowest BCUT2D eigenvalue weighted by Crippen LogP contribution is -2.42. The minimum absolute atomic E-state index is 0.0297. The third-order valence-corrected chi connectivity index (χ3v) is 8.29. The Labute approximate surface area is 321 Å². The van der Waals surface area contributed by atoms with Crippen molar-refractivity contribution in [2.45, 2.75) is 32.9 Å². The Hall–Kier alpha value is -5.91. The van der Waals surface area contributed by atoms with Crippen LogP contribution in [0.1, 0.15) is 35.9 Å². The molecule has 296 valence electrons. The lowest BCUT2D eigenvalue weighted by atomic mass is 10.1. The predicted molar refractivity (Wildman–Crippen MR) is 201 cm³/mol. The number of allylic oxidation sites excluding steroid dienone is 1. The maximum atomic E-state index is 14.2. The number of aldehydes is 1. The Bertz CT molecular complexity index is 1870. The van der Waals surface area contributed by atoms with Crippen molar-refractivity contribution >= 4 is 48.4 Å². The van der Waals surface area contributed by atoms with Crippen molar-refractivity contribution in [1.82, 2.24) is 30.5 Å². The minimum Gasteiger partial charge on any atom is -0.504 e. The number of fused-ring (bicyclic) bond motifs is 1. The van der Waals surface area contributed by atoms with Gasteiger partial charge in [-0.25, -0.2) is 20.0 Å². The quantitative estimate of drug-likeness (QED) is 0.0408. The van der Waals surface area contributed by atoms with Crippen LogP contribution < -0.4 is 25.4 Å². The molecule has 0 saturated heterocycles. The molecule has 0 spiro atoms. The number of alkyl halides is 3. The summed E-state index contributed by atoms with van der Waals surface area (Å²) in [6, 6.07) is 8.28. The molecular formula is C36H43ClF3N9O6. The van der Waals surface area contributed by atoms with Crippen LogP contribution in [-0.4, -0.2) is 110 Å². The lowest BCUT2D eigenvalue weighted by Gasteiger charge is -2.31. The first kappa shape index (κ1) is 43.5. The fourth-order valence-electron chi connectivity index (χ4n) is 5.19. The number of anilines is 1. The number of hydrogen-bond donors (Lipinski definition) is 4. The first-order valence-corrected chi connectivity index (χ1v) is 17.3. The molecule has 0 fully saturated rings. The molecule has 3 aromatic rings. The summed E-state index contributed by atoms with van der Waals surface area (Å²) < 4.78 is 47.6. The monoisotopic (exact) mass is 789 g/mol. The smallest absolute Gasteiger partial charge is 0.416 e. The molecule has 55 heavy (non-hydrogen) atoms. The normalized spacial score (nSPS) is 12.6. The number of hydrogen-bond acceptors (Lipinski definition) is 12. The molecule has 4 N–H and O–H groups in total. The summed E-state index contributed by atoms with van der Waals surface area (Å²) in [5.41, 5.74) is 1.90. The van der Waals surface area contributed by atoms with Crippen LogP contribution in [0.5, 0.6) is 17.2 Å². The number of carbonyl (C=O) groups excluding carboxylic acids is 3. The molecule has 1 aromatic heterocycles. The first-order valence-electron chi connectivity index (χ1n) is 16.9. The number of rotatable bonds is 16. The van der Waals surface area contributed by atoms with Gasteiger partial charge in [-0.2, -0.15) is 13.2 Å². The molecule has 1 aliphatic rings. The summed E-state index contributed by atoms with van der Waals surface area (Å²) in [6.45, 7) is 8.31. The molecule has 2 aromatic carbocycles. The average Bonchev–Trinajstić information content (AvgIpc) is 3.18. The molecule has 0 atom stereocenters. The predicted octanol–water partition coefficient (Wildman–Crippen LogP) is 4.18. The topological polar surface area (TPSA) is 183 Å². The summed E-state index contributed by atoms with van der Waals surface area (Å²) in [7, 11) is 3.28. The van der Waals surface area contributed by atoms with E-state index >= 15 is 0 Å². The molecule has 4 rings (SSSR count). The van der Waals surface area contributed by atoms with Crippen molar-refractivity contribution in [3.05, 3.63) is 81.7 Å². The average molecular weight is 790 g/mol. The van der Waals surface area contributed by atoms with Gasteiger partial charge in [-0.1, -0.05) is 18.5 Å². The van der Waals surface area contributed by atoms with Crippen molar-refractivity contribution in [3.8, 4) is 17.2 Å². The number of ether oxygens (including phenoxy) is 2. The molecule has 2 amide bonds. The Morgan fingerprint density at radius 3 is 2.42 bits per heavy atom. The zero-order chi connectivity index (χ0) is 40.5. The number of aromatic nitrogens is 2. The molecule has 0 aliphatic carbocycles. The van der Waals surface area contributed by atoms with Crippen LogP contribution in [0.4, 0.5) is 18.9 Å². The van der Waals surface area contributed by atoms with Crippen LogP contribution in [0.25, 0.3) is 0 Å². The largest absolute Gasteiger partial charge is 0.504 e. The van der Waals surface area contributed by atoms with Crippen molar-refractivity contribution in [3.63, 3.8) is 0 Å². The third kappa shape index (κ3) is 12.0. The van der Waals surface area contributed by atoms with E-state index in [1.165, 1.54) is 12.4 Å². The van der Waals surface area contributed by atoms with Crippen LogP contribution in [-0.2, 0) is 27.0 Å². The number of amides is 2. The van der Waals surface area contributed by atoms with E-state index in [1.807, 2.05) is 6.92 Å². The summed E-state index contributed by atoms with van der Waals surface area (Å²) in [4.78, 5) is 50.8. The van der Waals surface area contributed by atoms with E-state index in [1.54, 1.807) is 44.1 Å². The maximum absolute atomic E-state index is 14.2. The van der Waals surface area contributed by atoms with Crippen LogP contribution in [0.15, 0.2) is 64.2 Å². The Morgan fingerprint density at radius 1 is 1.09 bits per heavy atom. The van der Waals surface area contributed by atoms with Gasteiger partial charge in [0.15, 0.2) is 23.1 Å². The second kappa shape index (κ2) is 21.1. The van der Waals surface area contributed by atoms with Gasteiger partial charge in [0.1, 0.15) is 38.1 Å². The van der Waals surface area contributed by atoms with Crippen molar-refractivity contribution in [2.24, 2.45) is 10.1 Å². The number of nitrogens with zero attached hydrogens (tertiary/aromatic N) is 6. The van der Waals surface area contributed by atoms with Gasteiger partial charge in [-0.3, -0.25) is 9.59 Å². The second-order valence-corrected chi connectivity index (χ2v) is 11.8. The SMILES string of the molecule is C=N/C(=N\N(CC=O)C(=O)/C(=C(/CC)NC)N(CCNC=O)CCc1ncnc(C)c1O)c1ccc2c(c1)OCCO2.CNc1ccc(C(F)(F)F)cc1Cl. The van der Waals surface area contributed by atoms with Crippen LogP contribution in [0, 0.1) is 6.92 Å². The summed E-state index contributed by atoms with van der Waals surface area (Å²) in [5.74, 6) is 0.564. The van der Waals surface area contributed by atoms with Gasteiger partial charge in [-0.05, 0) is 56.5 Å². The molecule has 19 heteroatoms. The van der Waals surface area contributed by atoms with Gasteiger partial charge in [0, 0.05) is 51.4 Å². The molecule has 1 aliphatic heterocycles. The molecule has 0 radical (unpaired) electrons. The second-order valence-electron chi connectivity index (χ2n) is 11.4. The summed E-state index contributed by atoms with van der Waals surface area (Å²) >= 11 is 5.57. The van der Waals surface area contributed by atoms with Crippen molar-refractivity contribution in [1.29, 1.82) is 0 Å². The lowest BCUT2D eigenvalue weighted by molar-refractivity contribution is -0.137. The van der Waals surface area contributed by atoms with Gasteiger partial charge in [0.05, 0.1) is 27.7 Å². The van der Waals surface area contributed by atoms with Gasteiger partial charge >= 0.3 is 6.18 Å². The van der Waals surface area contributed by atoms with Crippen LogP contribution in [0.2, 0.25) is 5.02 Å². The number of carbonyl (C=O) groups is 3. The number of aliphatic imine (C=N–C) groups is 1. The number of benzene rings is 2. The standard InChI is InChI=1S/C28H36N8O6.C8H7ClF3N/c1-5-21(29-3)25(35(11-9-31-18-38)10-8-22-26(39)19(2)32-17-33-22)28(40)36(12-13-37)34-27(30-4)20-6-7-23-24(16-20)42-15-14-41-23;1-13-7-3-2-5(4-6(7)9)8(10,11)12/h6-7,13,16-18,29,39H,4-5,8-12,14-15H2,1-3H3,(H,31,38);2-4,13H,1H3/b25-21+,34-27-;. The van der Waals surface area contributed by atoms with Crippen molar-refractivity contribution in [2.75, 3.05) is 58.8 Å². The molecule has 0 unspecified atom stereocenters. The van der Waals surface area contributed by atoms with Gasteiger partial charge < -0.3 is 40.2 Å². The number of aryl methyl sites for hydroxylation is 1. The number of hydrazone groups is 1. The molecule has 2 heterocycles.